The van der Waals surface area contributed by atoms with Crippen molar-refractivity contribution >= 4 is 17.3 Å². The number of ether oxygens (including phenoxy) is 1. The molecule has 0 atom stereocenters. The number of aromatic carboxylic acids is 1. The normalized spacial score (nSPS) is 9.92. The average molecular weight is 200 g/mol. The molecular formula is C9H12O3S. The van der Waals surface area contributed by atoms with Crippen LogP contribution in [0.5, 0.6) is 5.75 Å². The third-order valence-corrected chi connectivity index (χ3v) is 2.45. The maximum atomic E-state index is 10.5. The SMILES string of the molecule is CCCCOc1csc(C(=O)O)c1. The molecule has 72 valence electrons. The van der Waals surface area contributed by atoms with Crippen molar-refractivity contribution in [3.8, 4) is 5.75 Å². The summed E-state index contributed by atoms with van der Waals surface area (Å²) in [5.41, 5.74) is 0. The number of unbranched alkanes of at least 4 members (excludes halogenated alkanes) is 1. The van der Waals surface area contributed by atoms with E-state index in [2.05, 4.69) is 6.92 Å². The molecule has 13 heavy (non-hydrogen) atoms. The Morgan fingerprint density at radius 1 is 1.69 bits per heavy atom. The molecule has 0 aliphatic rings. The molecule has 1 heterocycles. The van der Waals surface area contributed by atoms with Crippen LogP contribution in [0.3, 0.4) is 0 Å². The Morgan fingerprint density at radius 3 is 3.00 bits per heavy atom. The standard InChI is InChI=1S/C9H12O3S/c1-2-3-4-12-7-5-8(9(10)11)13-6-7/h5-6H,2-4H2,1H3,(H,10,11). The van der Waals surface area contributed by atoms with E-state index in [1.165, 1.54) is 11.3 Å². The fourth-order valence-electron chi connectivity index (χ4n) is 0.841. The maximum absolute atomic E-state index is 10.5. The van der Waals surface area contributed by atoms with Crippen molar-refractivity contribution in [2.24, 2.45) is 0 Å². The summed E-state index contributed by atoms with van der Waals surface area (Å²) in [5.74, 6) is -0.230. The topological polar surface area (TPSA) is 46.5 Å². The van der Waals surface area contributed by atoms with Gasteiger partial charge in [0.1, 0.15) is 10.6 Å². The second-order valence-corrected chi connectivity index (χ2v) is 3.57. The van der Waals surface area contributed by atoms with Crippen LogP contribution in [0.2, 0.25) is 0 Å². The first-order valence-corrected chi connectivity index (χ1v) is 5.06. The van der Waals surface area contributed by atoms with Crippen molar-refractivity contribution in [1.82, 2.24) is 0 Å². The van der Waals surface area contributed by atoms with Gasteiger partial charge in [-0.2, -0.15) is 0 Å². The van der Waals surface area contributed by atoms with Crippen molar-refractivity contribution in [1.29, 1.82) is 0 Å². The van der Waals surface area contributed by atoms with Crippen LogP contribution in [0.25, 0.3) is 0 Å². The number of carbonyl (C=O) groups is 1. The first-order chi connectivity index (χ1) is 6.24. The number of carboxylic acid groups (broad SMARTS) is 1. The Labute approximate surface area is 81.0 Å². The van der Waals surface area contributed by atoms with E-state index in [4.69, 9.17) is 9.84 Å². The van der Waals surface area contributed by atoms with Gasteiger partial charge in [0.2, 0.25) is 0 Å². The largest absolute Gasteiger partial charge is 0.493 e. The quantitative estimate of drug-likeness (QED) is 0.743. The van der Waals surface area contributed by atoms with Gasteiger partial charge in [-0.25, -0.2) is 4.79 Å². The van der Waals surface area contributed by atoms with Gasteiger partial charge in [0.25, 0.3) is 0 Å². The molecule has 0 saturated heterocycles. The molecule has 4 heteroatoms. The van der Waals surface area contributed by atoms with E-state index in [9.17, 15) is 4.79 Å². The molecule has 0 fully saturated rings. The number of carboxylic acids is 1. The average Bonchev–Trinajstić information content (AvgIpc) is 2.53. The molecule has 0 aromatic carbocycles. The van der Waals surface area contributed by atoms with Gasteiger partial charge in [-0.1, -0.05) is 13.3 Å². The Kier molecular flexibility index (Phi) is 3.76. The van der Waals surface area contributed by atoms with Gasteiger partial charge in [-0.15, -0.1) is 11.3 Å². The van der Waals surface area contributed by atoms with Gasteiger partial charge in [0.05, 0.1) is 6.61 Å². The fourth-order valence-corrected chi connectivity index (χ4v) is 1.51. The molecule has 1 rings (SSSR count). The van der Waals surface area contributed by atoms with Crippen molar-refractivity contribution in [2.75, 3.05) is 6.61 Å². The molecule has 0 saturated carbocycles. The number of thiophene rings is 1. The van der Waals surface area contributed by atoms with E-state index in [0.717, 1.165) is 12.8 Å². The molecule has 0 bridgehead atoms. The highest BCUT2D eigenvalue weighted by molar-refractivity contribution is 7.12. The van der Waals surface area contributed by atoms with Crippen molar-refractivity contribution < 1.29 is 14.6 Å². The summed E-state index contributed by atoms with van der Waals surface area (Å²) < 4.78 is 5.32. The Hall–Kier alpha value is -1.03. The van der Waals surface area contributed by atoms with Crippen molar-refractivity contribution in [3.63, 3.8) is 0 Å². The summed E-state index contributed by atoms with van der Waals surface area (Å²) in [5, 5.41) is 10.3. The highest BCUT2D eigenvalue weighted by Crippen LogP contribution is 2.21. The van der Waals surface area contributed by atoms with Crippen molar-refractivity contribution in [3.05, 3.63) is 16.3 Å². The van der Waals surface area contributed by atoms with Crippen molar-refractivity contribution in [2.45, 2.75) is 19.8 Å². The smallest absolute Gasteiger partial charge is 0.346 e. The lowest BCUT2D eigenvalue weighted by molar-refractivity contribution is 0.0702. The molecule has 3 nitrogen and oxygen atoms in total. The minimum absolute atomic E-state index is 0.325. The molecular weight excluding hydrogens is 188 g/mol. The summed E-state index contributed by atoms with van der Waals surface area (Å²) in [6, 6.07) is 1.56. The van der Waals surface area contributed by atoms with E-state index in [-0.39, 0.29) is 0 Å². The summed E-state index contributed by atoms with van der Waals surface area (Å²) >= 11 is 1.19. The lowest BCUT2D eigenvalue weighted by Crippen LogP contribution is -1.95. The first kappa shape index (κ1) is 10.1. The first-order valence-electron chi connectivity index (χ1n) is 4.18. The lowest BCUT2D eigenvalue weighted by Gasteiger charge is -2.00. The predicted molar refractivity (Wildman–Crippen MR) is 51.7 cm³/mol. The Bertz CT molecular complexity index is 280. The minimum Gasteiger partial charge on any atom is -0.493 e. The van der Waals surface area contributed by atoms with Crippen LogP contribution in [0.1, 0.15) is 29.4 Å². The zero-order valence-corrected chi connectivity index (χ0v) is 8.26. The number of rotatable bonds is 5. The third kappa shape index (κ3) is 3.06. The second kappa shape index (κ2) is 4.87. The summed E-state index contributed by atoms with van der Waals surface area (Å²) in [4.78, 5) is 10.8. The second-order valence-electron chi connectivity index (χ2n) is 2.65. The van der Waals surface area contributed by atoms with Gasteiger partial charge in [0.15, 0.2) is 0 Å². The molecule has 0 aliphatic heterocycles. The Morgan fingerprint density at radius 2 is 2.46 bits per heavy atom. The summed E-state index contributed by atoms with van der Waals surface area (Å²) in [6.07, 6.45) is 2.08. The van der Waals surface area contributed by atoms with E-state index >= 15 is 0 Å². The highest BCUT2D eigenvalue weighted by Gasteiger charge is 2.06. The highest BCUT2D eigenvalue weighted by atomic mass is 32.1. The molecule has 0 unspecified atom stereocenters. The summed E-state index contributed by atoms with van der Waals surface area (Å²) in [6.45, 7) is 2.74. The molecule has 1 aromatic heterocycles. The minimum atomic E-state index is -0.893. The van der Waals surface area contributed by atoms with Gasteiger partial charge < -0.3 is 9.84 Å². The van der Waals surface area contributed by atoms with Crippen LogP contribution in [-0.4, -0.2) is 17.7 Å². The summed E-state index contributed by atoms with van der Waals surface area (Å²) in [7, 11) is 0. The zero-order valence-electron chi connectivity index (χ0n) is 7.45. The number of hydrogen-bond donors (Lipinski definition) is 1. The van der Waals surface area contributed by atoms with E-state index in [1.54, 1.807) is 11.4 Å². The van der Waals surface area contributed by atoms with Gasteiger partial charge in [-0.05, 0) is 6.42 Å². The number of hydrogen-bond acceptors (Lipinski definition) is 3. The molecule has 1 N–H and O–H groups in total. The van der Waals surface area contributed by atoms with E-state index < -0.39 is 5.97 Å². The van der Waals surface area contributed by atoms with Gasteiger partial charge >= 0.3 is 5.97 Å². The molecule has 0 radical (unpaired) electrons. The molecule has 0 spiro atoms. The maximum Gasteiger partial charge on any atom is 0.346 e. The van der Waals surface area contributed by atoms with Gasteiger partial charge in [0, 0.05) is 11.4 Å². The zero-order chi connectivity index (χ0) is 9.68. The van der Waals surface area contributed by atoms with Crippen LogP contribution < -0.4 is 4.74 Å². The molecule has 1 aromatic rings. The fraction of sp³-hybridized carbons (Fsp3) is 0.444. The Balaban J connectivity index is 2.44. The van der Waals surface area contributed by atoms with Crippen LogP contribution in [0.4, 0.5) is 0 Å². The van der Waals surface area contributed by atoms with Gasteiger partial charge in [-0.3, -0.25) is 0 Å². The van der Waals surface area contributed by atoms with Crippen LogP contribution >= 0.6 is 11.3 Å². The lowest BCUT2D eigenvalue weighted by atomic mass is 10.4. The molecule has 0 amide bonds. The monoisotopic (exact) mass is 200 g/mol. The van der Waals surface area contributed by atoms with Crippen LogP contribution in [0, 0.1) is 0 Å². The van der Waals surface area contributed by atoms with Crippen LogP contribution in [-0.2, 0) is 0 Å². The third-order valence-electron chi connectivity index (χ3n) is 1.55. The van der Waals surface area contributed by atoms with Crippen LogP contribution in [0.15, 0.2) is 11.4 Å². The predicted octanol–water partition coefficient (Wildman–Crippen LogP) is 2.63. The molecule has 0 aliphatic carbocycles. The van der Waals surface area contributed by atoms with E-state index in [1.807, 2.05) is 0 Å². The van der Waals surface area contributed by atoms with E-state index in [0.29, 0.717) is 17.2 Å².